The number of alkyl halides is 1. The summed E-state index contributed by atoms with van der Waals surface area (Å²) in [6, 6.07) is 5.36. The highest BCUT2D eigenvalue weighted by molar-refractivity contribution is 9.10. The number of aromatic amines is 1. The second kappa shape index (κ2) is 5.79. The van der Waals surface area contributed by atoms with Gasteiger partial charge in [0, 0.05) is 16.8 Å². The molecule has 1 aromatic heterocycles. The van der Waals surface area contributed by atoms with E-state index in [0.29, 0.717) is 12.0 Å². The summed E-state index contributed by atoms with van der Waals surface area (Å²) in [5.74, 6) is -0.448. The van der Waals surface area contributed by atoms with Crippen molar-refractivity contribution in [2.75, 3.05) is 7.11 Å². The van der Waals surface area contributed by atoms with Crippen LogP contribution in [-0.4, -0.2) is 24.2 Å². The van der Waals surface area contributed by atoms with E-state index < -0.39 is 6.17 Å². The quantitative estimate of drug-likeness (QED) is 0.794. The Morgan fingerprint density at radius 3 is 2.86 bits per heavy atom. The number of carbonyl (C=O) groups excluding carboxylic acids is 1. The standard InChI is InChI=1S/C16H17BrFNO2/c1-21-16(20)9-6-7-11-13(8-9)19-15(17)14(11)10-4-2-3-5-12(10)18/h6-8,10,12,19H,2-5H2,1H3. The van der Waals surface area contributed by atoms with Crippen LogP contribution in [0, 0.1) is 0 Å². The molecule has 0 radical (unpaired) electrons. The number of carbonyl (C=O) groups is 1. The molecule has 3 nitrogen and oxygen atoms in total. The molecule has 2 unspecified atom stereocenters. The molecule has 1 saturated carbocycles. The third-order valence-corrected chi connectivity index (χ3v) is 4.89. The van der Waals surface area contributed by atoms with E-state index in [0.717, 1.165) is 40.3 Å². The summed E-state index contributed by atoms with van der Waals surface area (Å²) in [5.41, 5.74) is 2.32. The summed E-state index contributed by atoms with van der Waals surface area (Å²) in [7, 11) is 1.36. The fourth-order valence-electron chi connectivity index (χ4n) is 3.20. The Morgan fingerprint density at radius 2 is 2.14 bits per heavy atom. The van der Waals surface area contributed by atoms with Gasteiger partial charge >= 0.3 is 5.97 Å². The highest BCUT2D eigenvalue weighted by Crippen LogP contribution is 2.42. The molecule has 112 valence electrons. The predicted molar refractivity (Wildman–Crippen MR) is 83.4 cm³/mol. The van der Waals surface area contributed by atoms with Gasteiger partial charge in [0.15, 0.2) is 0 Å². The maximum absolute atomic E-state index is 14.3. The first-order valence-corrected chi connectivity index (χ1v) is 7.94. The van der Waals surface area contributed by atoms with Crippen molar-refractivity contribution in [1.29, 1.82) is 0 Å². The zero-order chi connectivity index (χ0) is 15.0. The number of esters is 1. The first-order valence-electron chi connectivity index (χ1n) is 7.15. The summed E-state index contributed by atoms with van der Waals surface area (Å²) in [4.78, 5) is 14.8. The van der Waals surface area contributed by atoms with Crippen molar-refractivity contribution in [1.82, 2.24) is 4.98 Å². The van der Waals surface area contributed by atoms with Crippen molar-refractivity contribution in [3.63, 3.8) is 0 Å². The van der Waals surface area contributed by atoms with Gasteiger partial charge in [-0.1, -0.05) is 18.9 Å². The summed E-state index contributed by atoms with van der Waals surface area (Å²) < 4.78 is 19.8. The predicted octanol–water partition coefficient (Wildman–Crippen LogP) is 4.71. The maximum Gasteiger partial charge on any atom is 0.337 e. The van der Waals surface area contributed by atoms with Crippen molar-refractivity contribution in [3.8, 4) is 0 Å². The third-order valence-electron chi connectivity index (χ3n) is 4.26. The van der Waals surface area contributed by atoms with Crippen LogP contribution in [0.3, 0.4) is 0 Å². The summed E-state index contributed by atoms with van der Waals surface area (Å²) in [6.45, 7) is 0. The molecule has 5 heteroatoms. The monoisotopic (exact) mass is 353 g/mol. The number of halogens is 2. The topological polar surface area (TPSA) is 42.1 Å². The van der Waals surface area contributed by atoms with Gasteiger partial charge in [0.05, 0.1) is 17.3 Å². The molecule has 0 saturated heterocycles. The smallest absolute Gasteiger partial charge is 0.337 e. The van der Waals surface area contributed by atoms with Crippen LogP contribution >= 0.6 is 15.9 Å². The highest BCUT2D eigenvalue weighted by Gasteiger charge is 2.30. The zero-order valence-corrected chi connectivity index (χ0v) is 13.4. The number of benzene rings is 1. The summed E-state index contributed by atoms with van der Waals surface area (Å²) in [6.07, 6.45) is 2.72. The molecular formula is C16H17BrFNO2. The molecule has 1 N–H and O–H groups in total. The Labute approximate surface area is 131 Å². The van der Waals surface area contributed by atoms with E-state index in [4.69, 9.17) is 4.74 Å². The summed E-state index contributed by atoms with van der Waals surface area (Å²) in [5, 5.41) is 0.976. The number of ether oxygens (including phenoxy) is 1. The van der Waals surface area contributed by atoms with Gasteiger partial charge in [0.25, 0.3) is 0 Å². The number of H-pyrrole nitrogens is 1. The molecule has 0 amide bonds. The Morgan fingerprint density at radius 1 is 1.38 bits per heavy atom. The lowest BCUT2D eigenvalue weighted by atomic mass is 9.82. The number of methoxy groups -OCH3 is 1. The molecule has 1 aliphatic carbocycles. The molecule has 0 bridgehead atoms. The fourth-order valence-corrected chi connectivity index (χ4v) is 3.93. The Balaban J connectivity index is 2.07. The number of hydrogen-bond donors (Lipinski definition) is 1. The zero-order valence-electron chi connectivity index (χ0n) is 11.8. The molecule has 1 fully saturated rings. The van der Waals surface area contributed by atoms with E-state index in [2.05, 4.69) is 20.9 Å². The number of fused-ring (bicyclic) bond motifs is 1. The molecule has 1 heterocycles. The van der Waals surface area contributed by atoms with Gasteiger partial charge in [-0.3, -0.25) is 0 Å². The van der Waals surface area contributed by atoms with Crippen LogP contribution in [0.1, 0.15) is 47.5 Å². The lowest BCUT2D eigenvalue weighted by Gasteiger charge is -2.26. The Hall–Kier alpha value is -1.36. The van der Waals surface area contributed by atoms with Crippen LogP contribution in [0.15, 0.2) is 22.8 Å². The van der Waals surface area contributed by atoms with Crippen LogP contribution in [0.5, 0.6) is 0 Å². The maximum atomic E-state index is 14.3. The van der Waals surface area contributed by atoms with E-state index in [9.17, 15) is 9.18 Å². The Bertz CT molecular complexity index is 682. The van der Waals surface area contributed by atoms with Crippen LogP contribution in [0.25, 0.3) is 10.9 Å². The summed E-state index contributed by atoms with van der Waals surface area (Å²) >= 11 is 3.51. The average Bonchev–Trinajstić information content (AvgIpc) is 2.82. The van der Waals surface area contributed by atoms with E-state index in [-0.39, 0.29) is 11.9 Å². The number of aromatic nitrogens is 1. The molecule has 3 rings (SSSR count). The number of nitrogens with one attached hydrogen (secondary N) is 1. The second-order valence-corrected chi connectivity index (χ2v) is 6.30. The van der Waals surface area contributed by atoms with Gasteiger partial charge < -0.3 is 9.72 Å². The van der Waals surface area contributed by atoms with Gasteiger partial charge in [0.2, 0.25) is 0 Å². The fraction of sp³-hybridized carbons (Fsp3) is 0.438. The minimum Gasteiger partial charge on any atom is -0.465 e. The van der Waals surface area contributed by atoms with E-state index in [1.165, 1.54) is 7.11 Å². The van der Waals surface area contributed by atoms with Crippen molar-refractivity contribution in [2.45, 2.75) is 37.8 Å². The number of hydrogen-bond acceptors (Lipinski definition) is 2. The molecular weight excluding hydrogens is 337 g/mol. The van der Waals surface area contributed by atoms with Crippen LogP contribution < -0.4 is 0 Å². The van der Waals surface area contributed by atoms with Gasteiger partial charge in [0.1, 0.15) is 6.17 Å². The molecule has 2 aromatic rings. The van der Waals surface area contributed by atoms with Crippen LogP contribution in [-0.2, 0) is 4.74 Å². The minimum atomic E-state index is -0.797. The largest absolute Gasteiger partial charge is 0.465 e. The van der Waals surface area contributed by atoms with Crippen molar-refractivity contribution < 1.29 is 13.9 Å². The second-order valence-electron chi connectivity index (χ2n) is 5.51. The molecule has 1 aliphatic rings. The minimum absolute atomic E-state index is 0.0779. The van der Waals surface area contributed by atoms with Crippen LogP contribution in [0.4, 0.5) is 4.39 Å². The Kier molecular flexibility index (Phi) is 4.02. The van der Waals surface area contributed by atoms with E-state index in [1.54, 1.807) is 12.1 Å². The lowest BCUT2D eigenvalue weighted by Crippen LogP contribution is -2.18. The third kappa shape index (κ3) is 2.59. The first-order chi connectivity index (χ1) is 10.1. The van der Waals surface area contributed by atoms with Gasteiger partial charge in [-0.2, -0.15) is 0 Å². The normalized spacial score (nSPS) is 22.4. The molecule has 0 aliphatic heterocycles. The van der Waals surface area contributed by atoms with Gasteiger partial charge in [-0.15, -0.1) is 0 Å². The van der Waals surface area contributed by atoms with E-state index in [1.807, 2.05) is 6.07 Å². The number of rotatable bonds is 2. The van der Waals surface area contributed by atoms with E-state index >= 15 is 0 Å². The lowest BCUT2D eigenvalue weighted by molar-refractivity contribution is 0.0601. The molecule has 21 heavy (non-hydrogen) atoms. The van der Waals surface area contributed by atoms with Gasteiger partial charge in [-0.05, 0) is 46.5 Å². The van der Waals surface area contributed by atoms with Crippen molar-refractivity contribution in [2.24, 2.45) is 0 Å². The van der Waals surface area contributed by atoms with Crippen molar-refractivity contribution in [3.05, 3.63) is 33.9 Å². The average molecular weight is 354 g/mol. The molecule has 2 atom stereocenters. The first kappa shape index (κ1) is 14.6. The van der Waals surface area contributed by atoms with Crippen LogP contribution in [0.2, 0.25) is 0 Å². The van der Waals surface area contributed by atoms with Gasteiger partial charge in [-0.25, -0.2) is 9.18 Å². The molecule has 1 aromatic carbocycles. The van der Waals surface area contributed by atoms with Crippen molar-refractivity contribution >= 4 is 32.8 Å². The molecule has 0 spiro atoms. The SMILES string of the molecule is COC(=O)c1ccc2c(C3CCCCC3F)c(Br)[nH]c2c1. The highest BCUT2D eigenvalue weighted by atomic mass is 79.9.